The molecule has 0 unspecified atom stereocenters. The van der Waals surface area contributed by atoms with Gasteiger partial charge in [0.2, 0.25) is 5.91 Å². The number of aryl methyl sites for hydroxylation is 2. The van der Waals surface area contributed by atoms with Crippen LogP contribution < -0.4 is 14.4 Å². The van der Waals surface area contributed by atoms with Crippen molar-refractivity contribution >= 4 is 21.6 Å². The molecule has 0 saturated heterocycles. The number of nitrogens with zero attached hydrogens (tertiary/aromatic N) is 1. The van der Waals surface area contributed by atoms with Crippen molar-refractivity contribution in [2.24, 2.45) is 0 Å². The maximum atomic E-state index is 14.4. The highest BCUT2D eigenvalue weighted by Crippen LogP contribution is 2.26. The zero-order chi connectivity index (χ0) is 23.1. The minimum absolute atomic E-state index is 0.0331. The highest BCUT2D eigenvalue weighted by atomic mass is 32.2. The largest absolute Gasteiger partial charge is 0.492 e. The van der Waals surface area contributed by atoms with E-state index >= 15 is 0 Å². The number of halogens is 1. The zero-order valence-electron chi connectivity index (χ0n) is 17.9. The molecular weight excluding hydrogens is 431 g/mol. The molecule has 0 radical (unpaired) electrons. The van der Waals surface area contributed by atoms with Gasteiger partial charge in [0, 0.05) is 0 Å². The fourth-order valence-electron chi connectivity index (χ4n) is 3.24. The number of carbonyl (C=O) groups excluding carboxylic acids is 1. The molecule has 0 aliphatic rings. The van der Waals surface area contributed by atoms with Crippen molar-refractivity contribution in [3.63, 3.8) is 0 Å². The second-order valence-corrected chi connectivity index (χ2v) is 9.16. The van der Waals surface area contributed by atoms with Crippen molar-refractivity contribution in [3.05, 3.63) is 89.7 Å². The number of ether oxygens (including phenoxy) is 1. The van der Waals surface area contributed by atoms with Gasteiger partial charge in [0.25, 0.3) is 10.0 Å². The Kier molecular flexibility index (Phi) is 7.48. The smallest absolute Gasteiger partial charge is 0.264 e. The SMILES string of the molecule is Cc1cc(C)cc(OCCNC(=O)CN(c2ccccc2F)S(=O)(=O)c2ccccc2)c1. The van der Waals surface area contributed by atoms with E-state index < -0.39 is 28.3 Å². The second kappa shape index (κ2) is 10.3. The number of sulfonamides is 1. The Morgan fingerprint density at radius 1 is 0.969 bits per heavy atom. The molecule has 0 aliphatic heterocycles. The molecule has 0 heterocycles. The van der Waals surface area contributed by atoms with Gasteiger partial charge in [0.15, 0.2) is 0 Å². The molecule has 0 atom stereocenters. The lowest BCUT2D eigenvalue weighted by atomic mass is 10.1. The molecule has 0 spiro atoms. The predicted octanol–water partition coefficient (Wildman–Crippen LogP) is 3.83. The molecule has 0 aliphatic carbocycles. The standard InChI is InChI=1S/C24H25FN2O4S/c1-18-14-19(2)16-20(15-18)31-13-12-26-24(28)17-27(23-11-7-6-10-22(23)25)32(29,30)21-8-4-3-5-9-21/h3-11,14-16H,12-13,17H2,1-2H3,(H,26,28). The summed E-state index contributed by atoms with van der Waals surface area (Å²) in [5.74, 6) is -0.619. The van der Waals surface area contributed by atoms with Crippen molar-refractivity contribution in [3.8, 4) is 5.75 Å². The summed E-state index contributed by atoms with van der Waals surface area (Å²) in [6, 6.07) is 18.9. The van der Waals surface area contributed by atoms with Crippen molar-refractivity contribution < 1.29 is 22.3 Å². The van der Waals surface area contributed by atoms with Crippen LogP contribution >= 0.6 is 0 Å². The third kappa shape index (κ3) is 5.85. The molecule has 32 heavy (non-hydrogen) atoms. The van der Waals surface area contributed by atoms with E-state index in [0.717, 1.165) is 21.5 Å². The number of anilines is 1. The van der Waals surface area contributed by atoms with Crippen LogP contribution in [0.15, 0.2) is 77.7 Å². The molecule has 8 heteroatoms. The zero-order valence-corrected chi connectivity index (χ0v) is 18.7. The Morgan fingerprint density at radius 3 is 2.25 bits per heavy atom. The van der Waals surface area contributed by atoms with Crippen LogP contribution in [0.3, 0.4) is 0 Å². The van der Waals surface area contributed by atoms with Crippen LogP contribution in [0, 0.1) is 19.7 Å². The fourth-order valence-corrected chi connectivity index (χ4v) is 4.69. The molecular formula is C24H25FN2O4S. The van der Waals surface area contributed by atoms with Crippen LogP contribution in [0.1, 0.15) is 11.1 Å². The van der Waals surface area contributed by atoms with Gasteiger partial charge in [-0.2, -0.15) is 0 Å². The van der Waals surface area contributed by atoms with E-state index in [4.69, 9.17) is 4.74 Å². The number of amides is 1. The van der Waals surface area contributed by atoms with E-state index in [9.17, 15) is 17.6 Å². The quantitative estimate of drug-likeness (QED) is 0.497. The molecule has 168 valence electrons. The molecule has 3 aromatic rings. The minimum atomic E-state index is -4.15. The van der Waals surface area contributed by atoms with Crippen LogP contribution in [0.25, 0.3) is 0 Å². The molecule has 0 bridgehead atoms. The van der Waals surface area contributed by atoms with E-state index in [0.29, 0.717) is 5.75 Å². The van der Waals surface area contributed by atoms with Crippen molar-refractivity contribution in [1.29, 1.82) is 0 Å². The number of nitrogens with one attached hydrogen (secondary N) is 1. The molecule has 0 saturated carbocycles. The van der Waals surface area contributed by atoms with Gasteiger partial charge in [-0.15, -0.1) is 0 Å². The summed E-state index contributed by atoms with van der Waals surface area (Å²) in [5.41, 5.74) is 1.93. The Hall–Kier alpha value is -3.39. The Bertz CT molecular complexity index is 1160. The van der Waals surface area contributed by atoms with Crippen LogP contribution in [0.5, 0.6) is 5.75 Å². The summed E-state index contributed by atoms with van der Waals surface area (Å²) in [6.07, 6.45) is 0. The third-order valence-electron chi connectivity index (χ3n) is 4.63. The normalized spacial score (nSPS) is 11.1. The predicted molar refractivity (Wildman–Crippen MR) is 122 cm³/mol. The molecule has 3 aromatic carbocycles. The fraction of sp³-hybridized carbons (Fsp3) is 0.208. The van der Waals surface area contributed by atoms with Gasteiger partial charge < -0.3 is 10.1 Å². The maximum absolute atomic E-state index is 14.4. The Balaban J connectivity index is 1.69. The van der Waals surface area contributed by atoms with Crippen molar-refractivity contribution in [2.45, 2.75) is 18.7 Å². The number of carbonyl (C=O) groups is 1. The van der Waals surface area contributed by atoms with E-state index in [1.807, 2.05) is 32.0 Å². The van der Waals surface area contributed by atoms with Gasteiger partial charge in [-0.3, -0.25) is 9.10 Å². The average molecular weight is 457 g/mol. The van der Waals surface area contributed by atoms with Gasteiger partial charge in [0.05, 0.1) is 17.1 Å². The maximum Gasteiger partial charge on any atom is 0.264 e. The number of rotatable bonds is 9. The van der Waals surface area contributed by atoms with E-state index in [2.05, 4.69) is 5.32 Å². The molecule has 1 amide bonds. The topological polar surface area (TPSA) is 75.7 Å². The highest BCUT2D eigenvalue weighted by molar-refractivity contribution is 7.92. The van der Waals surface area contributed by atoms with Gasteiger partial charge >= 0.3 is 0 Å². The van der Waals surface area contributed by atoms with Gasteiger partial charge in [-0.05, 0) is 61.4 Å². The third-order valence-corrected chi connectivity index (χ3v) is 6.40. The van der Waals surface area contributed by atoms with Gasteiger partial charge in [0.1, 0.15) is 24.7 Å². The summed E-state index contributed by atoms with van der Waals surface area (Å²) in [7, 11) is -4.15. The van der Waals surface area contributed by atoms with Crippen molar-refractivity contribution in [2.75, 3.05) is 24.0 Å². The van der Waals surface area contributed by atoms with Crippen LogP contribution in [-0.2, 0) is 14.8 Å². The lowest BCUT2D eigenvalue weighted by molar-refractivity contribution is -0.119. The number of benzene rings is 3. The lowest BCUT2D eigenvalue weighted by Gasteiger charge is -2.24. The number of para-hydroxylation sites is 1. The molecule has 3 rings (SSSR count). The second-order valence-electron chi connectivity index (χ2n) is 7.30. The first-order valence-electron chi connectivity index (χ1n) is 10.1. The first-order valence-corrected chi connectivity index (χ1v) is 11.5. The molecule has 0 fully saturated rings. The molecule has 0 aromatic heterocycles. The summed E-state index contributed by atoms with van der Waals surface area (Å²) in [6.45, 7) is 3.74. The first-order chi connectivity index (χ1) is 15.3. The molecule has 1 N–H and O–H groups in total. The van der Waals surface area contributed by atoms with E-state index in [1.54, 1.807) is 18.2 Å². The Morgan fingerprint density at radius 2 is 1.59 bits per heavy atom. The number of hydrogen-bond donors (Lipinski definition) is 1. The Labute approximate surface area is 187 Å². The summed E-state index contributed by atoms with van der Waals surface area (Å²) >= 11 is 0. The average Bonchev–Trinajstić information content (AvgIpc) is 2.75. The monoisotopic (exact) mass is 456 g/mol. The minimum Gasteiger partial charge on any atom is -0.492 e. The van der Waals surface area contributed by atoms with Crippen molar-refractivity contribution in [1.82, 2.24) is 5.32 Å². The van der Waals surface area contributed by atoms with E-state index in [1.165, 1.54) is 30.3 Å². The highest BCUT2D eigenvalue weighted by Gasteiger charge is 2.28. The lowest BCUT2D eigenvalue weighted by Crippen LogP contribution is -2.42. The summed E-state index contributed by atoms with van der Waals surface area (Å²) in [4.78, 5) is 12.5. The van der Waals surface area contributed by atoms with Crippen LogP contribution in [-0.4, -0.2) is 34.0 Å². The number of hydrogen-bond acceptors (Lipinski definition) is 4. The summed E-state index contributed by atoms with van der Waals surface area (Å²) in [5, 5.41) is 2.63. The first kappa shape index (κ1) is 23.3. The van der Waals surface area contributed by atoms with Gasteiger partial charge in [-0.1, -0.05) is 36.4 Å². The van der Waals surface area contributed by atoms with Crippen LogP contribution in [0.2, 0.25) is 0 Å². The molecule has 6 nitrogen and oxygen atoms in total. The van der Waals surface area contributed by atoms with Gasteiger partial charge in [-0.25, -0.2) is 12.8 Å². The van der Waals surface area contributed by atoms with Crippen LogP contribution in [0.4, 0.5) is 10.1 Å². The van der Waals surface area contributed by atoms with E-state index in [-0.39, 0.29) is 23.7 Å². The summed E-state index contributed by atoms with van der Waals surface area (Å²) < 4.78 is 47.2.